The van der Waals surface area contributed by atoms with E-state index in [-0.39, 0.29) is 30.1 Å². The second-order valence-corrected chi connectivity index (χ2v) is 5.34. The third-order valence-corrected chi connectivity index (χ3v) is 3.14. The Morgan fingerprint density at radius 1 is 1.16 bits per heavy atom. The summed E-state index contributed by atoms with van der Waals surface area (Å²) in [4.78, 5) is 33.7. The Kier molecular flexibility index (Phi) is 8.17. The highest BCUT2D eigenvalue weighted by Crippen LogP contribution is 2.33. The first-order valence-corrected chi connectivity index (χ1v) is 7.87. The van der Waals surface area contributed by atoms with Gasteiger partial charge in [-0.1, -0.05) is 23.2 Å². The van der Waals surface area contributed by atoms with E-state index >= 15 is 0 Å². The molecule has 0 atom stereocenters. The summed E-state index contributed by atoms with van der Waals surface area (Å²) >= 11 is 11.4. The summed E-state index contributed by atoms with van der Waals surface area (Å²) in [6.07, 6.45) is 0. The van der Waals surface area contributed by atoms with Crippen LogP contribution >= 0.6 is 23.2 Å². The van der Waals surface area contributed by atoms with Gasteiger partial charge in [0.15, 0.2) is 12.4 Å². The summed E-state index contributed by atoms with van der Waals surface area (Å²) in [5, 5.41) is 11.2. The van der Waals surface area contributed by atoms with Crippen molar-refractivity contribution < 1.29 is 28.7 Å². The zero-order valence-corrected chi connectivity index (χ0v) is 14.9. The van der Waals surface area contributed by atoms with Crippen LogP contribution in [0.2, 0.25) is 0 Å². The van der Waals surface area contributed by atoms with Gasteiger partial charge in [0.05, 0.1) is 23.7 Å². The summed E-state index contributed by atoms with van der Waals surface area (Å²) in [5.74, 6) is -1.66. The van der Waals surface area contributed by atoms with Gasteiger partial charge in [-0.3, -0.25) is 10.1 Å². The van der Waals surface area contributed by atoms with E-state index in [0.717, 1.165) is 6.07 Å². The number of carbonyl (C=O) groups is 2. The van der Waals surface area contributed by atoms with Gasteiger partial charge in [-0.05, 0) is 31.5 Å². The lowest BCUT2D eigenvalue weighted by Gasteiger charge is -2.10. The number of benzene rings is 1. The van der Waals surface area contributed by atoms with Crippen molar-refractivity contribution >= 4 is 46.4 Å². The standard InChI is InChI=1S/C15H15Cl2NO7/c1-3-23-12(19)8-25-11-6-5-9(7-10(11)18(21)22)13(14(16)17)15(20)24-4-2/h5-7H,3-4,8H2,1-2H3. The fraction of sp³-hybridized carbons (Fsp3) is 0.333. The molecule has 0 bridgehead atoms. The normalized spacial score (nSPS) is 9.92. The quantitative estimate of drug-likeness (QED) is 0.289. The van der Waals surface area contributed by atoms with E-state index in [4.69, 9.17) is 32.7 Å². The SMILES string of the molecule is CCOC(=O)COc1ccc(C(C(=O)OCC)=C(Cl)Cl)cc1[N+](=O)[O-]. The molecule has 0 aromatic heterocycles. The van der Waals surface area contributed by atoms with Crippen molar-refractivity contribution in [3.63, 3.8) is 0 Å². The van der Waals surface area contributed by atoms with Crippen LogP contribution in [-0.2, 0) is 19.1 Å². The second-order valence-electron chi connectivity index (χ2n) is 4.39. The topological polar surface area (TPSA) is 105 Å². The number of rotatable bonds is 8. The predicted molar refractivity (Wildman–Crippen MR) is 90.5 cm³/mol. The number of carbonyl (C=O) groups excluding carboxylic acids is 2. The first-order chi connectivity index (χ1) is 11.8. The number of hydrogen-bond acceptors (Lipinski definition) is 7. The minimum atomic E-state index is -0.822. The van der Waals surface area contributed by atoms with Gasteiger partial charge in [-0.2, -0.15) is 0 Å². The summed E-state index contributed by atoms with van der Waals surface area (Å²) in [6, 6.07) is 3.62. The van der Waals surface area contributed by atoms with Gasteiger partial charge in [0.1, 0.15) is 4.49 Å². The van der Waals surface area contributed by atoms with Crippen LogP contribution in [0.3, 0.4) is 0 Å². The first kappa shape index (κ1) is 20.7. The fourth-order valence-electron chi connectivity index (χ4n) is 1.78. The van der Waals surface area contributed by atoms with Gasteiger partial charge in [0.25, 0.3) is 0 Å². The number of halogens is 2. The van der Waals surface area contributed by atoms with Gasteiger partial charge in [0.2, 0.25) is 0 Å². The highest BCUT2D eigenvalue weighted by Gasteiger charge is 2.23. The molecule has 0 amide bonds. The molecule has 1 aromatic rings. The average Bonchev–Trinajstić information content (AvgIpc) is 2.53. The van der Waals surface area contributed by atoms with Gasteiger partial charge in [-0.15, -0.1) is 0 Å². The fourth-order valence-corrected chi connectivity index (χ4v) is 2.16. The highest BCUT2D eigenvalue weighted by molar-refractivity contribution is 6.61. The lowest BCUT2D eigenvalue weighted by atomic mass is 10.1. The van der Waals surface area contributed by atoms with Crippen LogP contribution in [0.4, 0.5) is 5.69 Å². The van der Waals surface area contributed by atoms with Crippen molar-refractivity contribution in [3.05, 3.63) is 38.4 Å². The van der Waals surface area contributed by atoms with Crippen LogP contribution in [0, 0.1) is 10.1 Å². The maximum atomic E-state index is 11.9. The van der Waals surface area contributed by atoms with E-state index in [2.05, 4.69) is 4.74 Å². The summed E-state index contributed by atoms with van der Waals surface area (Å²) in [6.45, 7) is 2.95. The molecular weight excluding hydrogens is 377 g/mol. The molecule has 0 aliphatic rings. The predicted octanol–water partition coefficient (Wildman–Crippen LogP) is 3.25. The van der Waals surface area contributed by atoms with Crippen LogP contribution in [0.1, 0.15) is 19.4 Å². The number of esters is 2. The molecule has 10 heteroatoms. The third-order valence-electron chi connectivity index (χ3n) is 2.76. The molecule has 0 fully saturated rings. The molecule has 1 aromatic carbocycles. The zero-order valence-electron chi connectivity index (χ0n) is 13.4. The van der Waals surface area contributed by atoms with Gasteiger partial charge >= 0.3 is 17.6 Å². The van der Waals surface area contributed by atoms with Gasteiger partial charge in [-0.25, -0.2) is 9.59 Å². The summed E-state index contributed by atoms with van der Waals surface area (Å²) < 4.78 is 14.2. The molecule has 1 rings (SSSR count). The Morgan fingerprint density at radius 2 is 1.80 bits per heavy atom. The Balaban J connectivity index is 3.19. The largest absolute Gasteiger partial charge is 0.475 e. The molecule has 0 saturated heterocycles. The molecular formula is C15H15Cl2NO7. The molecule has 0 N–H and O–H groups in total. The molecule has 0 saturated carbocycles. The third kappa shape index (κ3) is 5.91. The van der Waals surface area contributed by atoms with Crippen molar-refractivity contribution in [3.8, 4) is 5.75 Å². The van der Waals surface area contributed by atoms with Gasteiger partial charge in [0, 0.05) is 6.07 Å². The molecule has 8 nitrogen and oxygen atoms in total. The molecule has 0 radical (unpaired) electrons. The molecule has 0 aliphatic heterocycles. The van der Waals surface area contributed by atoms with E-state index in [1.165, 1.54) is 12.1 Å². The van der Waals surface area contributed by atoms with Crippen LogP contribution in [0.25, 0.3) is 5.57 Å². The number of nitro benzene ring substituents is 1. The van der Waals surface area contributed by atoms with Crippen LogP contribution in [-0.4, -0.2) is 36.7 Å². The molecule has 0 heterocycles. The van der Waals surface area contributed by atoms with Crippen LogP contribution in [0.15, 0.2) is 22.7 Å². The summed E-state index contributed by atoms with van der Waals surface area (Å²) in [5.41, 5.74) is -0.614. The first-order valence-electron chi connectivity index (χ1n) is 7.11. The Hall–Kier alpha value is -2.32. The molecule has 0 aliphatic carbocycles. The maximum absolute atomic E-state index is 11.9. The Labute approximate surface area is 153 Å². The van der Waals surface area contributed by atoms with E-state index in [9.17, 15) is 19.7 Å². The monoisotopic (exact) mass is 391 g/mol. The van der Waals surface area contributed by atoms with Gasteiger partial charge < -0.3 is 14.2 Å². The van der Waals surface area contributed by atoms with E-state index in [1.807, 2.05) is 0 Å². The van der Waals surface area contributed by atoms with E-state index < -0.39 is 33.6 Å². The van der Waals surface area contributed by atoms with E-state index in [1.54, 1.807) is 13.8 Å². The van der Waals surface area contributed by atoms with Crippen molar-refractivity contribution in [2.75, 3.05) is 19.8 Å². The molecule has 0 unspecified atom stereocenters. The lowest BCUT2D eigenvalue weighted by molar-refractivity contribution is -0.385. The Morgan fingerprint density at radius 3 is 2.32 bits per heavy atom. The molecule has 136 valence electrons. The second kappa shape index (κ2) is 9.85. The number of nitrogens with zero attached hydrogens (tertiary/aromatic N) is 1. The summed E-state index contributed by atoms with van der Waals surface area (Å²) in [7, 11) is 0. The maximum Gasteiger partial charge on any atom is 0.344 e. The Bertz CT molecular complexity index is 699. The smallest absolute Gasteiger partial charge is 0.344 e. The molecule has 0 spiro atoms. The number of hydrogen-bond donors (Lipinski definition) is 0. The highest BCUT2D eigenvalue weighted by atomic mass is 35.5. The van der Waals surface area contributed by atoms with Crippen molar-refractivity contribution in [1.29, 1.82) is 0 Å². The lowest BCUT2D eigenvalue weighted by Crippen LogP contribution is -2.15. The van der Waals surface area contributed by atoms with E-state index in [0.29, 0.717) is 0 Å². The minimum absolute atomic E-state index is 0.0756. The van der Waals surface area contributed by atoms with Crippen molar-refractivity contribution in [1.82, 2.24) is 0 Å². The number of nitro groups is 1. The van der Waals surface area contributed by atoms with Crippen LogP contribution in [0.5, 0.6) is 5.75 Å². The minimum Gasteiger partial charge on any atom is -0.475 e. The average molecular weight is 392 g/mol. The zero-order chi connectivity index (χ0) is 19.0. The molecule has 25 heavy (non-hydrogen) atoms. The van der Waals surface area contributed by atoms with Crippen LogP contribution < -0.4 is 4.74 Å². The van der Waals surface area contributed by atoms with Crippen molar-refractivity contribution in [2.24, 2.45) is 0 Å². The number of ether oxygens (including phenoxy) is 3. The van der Waals surface area contributed by atoms with Crippen molar-refractivity contribution in [2.45, 2.75) is 13.8 Å².